The lowest BCUT2D eigenvalue weighted by Crippen LogP contribution is -2.39. The van der Waals surface area contributed by atoms with E-state index in [4.69, 9.17) is 0 Å². The fourth-order valence-corrected chi connectivity index (χ4v) is 5.06. The highest BCUT2D eigenvalue weighted by atomic mass is 32.2. The summed E-state index contributed by atoms with van der Waals surface area (Å²) in [5.41, 5.74) is 1.16. The molecule has 0 saturated heterocycles. The number of aromatic nitrogens is 2. The Morgan fingerprint density at radius 1 is 1.18 bits per heavy atom. The van der Waals surface area contributed by atoms with Crippen LogP contribution < -0.4 is 5.32 Å². The van der Waals surface area contributed by atoms with E-state index in [-0.39, 0.29) is 17.6 Å². The van der Waals surface area contributed by atoms with Gasteiger partial charge in [0.1, 0.15) is 5.82 Å². The van der Waals surface area contributed by atoms with Gasteiger partial charge in [0.05, 0.1) is 23.3 Å². The van der Waals surface area contributed by atoms with Crippen molar-refractivity contribution in [1.82, 2.24) is 14.5 Å². The van der Waals surface area contributed by atoms with Gasteiger partial charge in [-0.15, -0.1) is 11.8 Å². The number of nitrogens with zero attached hydrogens (tertiary/aromatic N) is 3. The van der Waals surface area contributed by atoms with Crippen molar-refractivity contribution in [2.75, 3.05) is 18.1 Å². The third-order valence-corrected chi connectivity index (χ3v) is 7.05. The number of hydrogen-bond donors (Lipinski definition) is 1. The van der Waals surface area contributed by atoms with E-state index < -0.39 is 5.82 Å². The molecule has 0 spiro atoms. The summed E-state index contributed by atoms with van der Waals surface area (Å²) in [4.78, 5) is 32.1. The largest absolute Gasteiger partial charge is 0.342 e. The second kappa shape index (κ2) is 10.7. The molecule has 3 aromatic rings. The monoisotopic (exact) mass is 466 g/mol. The van der Waals surface area contributed by atoms with Crippen molar-refractivity contribution >= 4 is 29.3 Å². The number of hydrogen-bond acceptors (Lipinski definition) is 4. The quantitative estimate of drug-likeness (QED) is 0.489. The third-order valence-electron chi connectivity index (χ3n) is 5.99. The first-order valence-corrected chi connectivity index (χ1v) is 12.1. The van der Waals surface area contributed by atoms with E-state index in [2.05, 4.69) is 10.3 Å². The summed E-state index contributed by atoms with van der Waals surface area (Å²) < 4.78 is 16.1. The lowest BCUT2D eigenvalue weighted by Gasteiger charge is -2.31. The predicted molar refractivity (Wildman–Crippen MR) is 128 cm³/mol. The smallest absolute Gasteiger partial charge is 0.256 e. The van der Waals surface area contributed by atoms with Crippen LogP contribution in [0.4, 0.5) is 10.1 Å². The molecule has 4 rings (SSSR count). The Labute approximate surface area is 197 Å². The fraction of sp³-hybridized carbons (Fsp3) is 0.320. The van der Waals surface area contributed by atoms with E-state index in [1.165, 1.54) is 43.4 Å². The van der Waals surface area contributed by atoms with Crippen LogP contribution >= 0.6 is 11.8 Å². The van der Waals surface area contributed by atoms with Crippen molar-refractivity contribution < 1.29 is 14.0 Å². The molecule has 0 radical (unpaired) electrons. The van der Waals surface area contributed by atoms with Crippen LogP contribution in [0, 0.1) is 5.82 Å². The molecule has 33 heavy (non-hydrogen) atoms. The van der Waals surface area contributed by atoms with Crippen molar-refractivity contribution in [2.45, 2.75) is 43.0 Å². The Morgan fingerprint density at radius 2 is 1.97 bits per heavy atom. The average molecular weight is 467 g/mol. The first-order chi connectivity index (χ1) is 16.0. The minimum absolute atomic E-state index is 0.0688. The maximum absolute atomic E-state index is 14.5. The number of halogens is 1. The number of anilines is 1. The molecule has 172 valence electrons. The lowest BCUT2D eigenvalue weighted by molar-refractivity contribution is -0.129. The summed E-state index contributed by atoms with van der Waals surface area (Å²) in [6, 6.07) is 12.0. The number of rotatable bonds is 7. The normalized spacial score (nSPS) is 14.1. The van der Waals surface area contributed by atoms with E-state index in [9.17, 15) is 14.0 Å². The van der Waals surface area contributed by atoms with Gasteiger partial charge in [-0.25, -0.2) is 9.37 Å². The summed E-state index contributed by atoms with van der Waals surface area (Å²) in [7, 11) is 1.87. The van der Waals surface area contributed by atoms with Gasteiger partial charge in [0, 0.05) is 36.1 Å². The zero-order chi connectivity index (χ0) is 23.2. The molecule has 8 heteroatoms. The molecule has 1 heterocycles. The lowest BCUT2D eigenvalue weighted by atomic mass is 9.94. The van der Waals surface area contributed by atoms with Crippen molar-refractivity contribution in [3.05, 3.63) is 72.6 Å². The number of amides is 2. The molecular formula is C25H27FN4O2S. The number of thioether (sulfide) groups is 1. The number of imidazole rings is 1. The first-order valence-electron chi connectivity index (χ1n) is 11.1. The highest BCUT2D eigenvalue weighted by Crippen LogP contribution is 2.27. The second-order valence-electron chi connectivity index (χ2n) is 8.17. The summed E-state index contributed by atoms with van der Waals surface area (Å²) in [6.07, 6.45) is 10.4. The van der Waals surface area contributed by atoms with E-state index in [0.29, 0.717) is 23.0 Å². The zero-order valence-electron chi connectivity index (χ0n) is 18.5. The standard InChI is InChI=1S/C25H27FN4O2S/c1-29(19-7-3-2-4-8-19)24(31)16-33-23-10-6-5-9-20(23)25(32)28-18-11-12-22(21(26)15-18)30-14-13-27-17-30/h5-6,9-15,17,19H,2-4,7-8,16H2,1H3,(H,28,32). The Hall–Kier alpha value is -3.13. The van der Waals surface area contributed by atoms with Gasteiger partial charge in [-0.1, -0.05) is 31.4 Å². The van der Waals surface area contributed by atoms with Gasteiger partial charge < -0.3 is 14.8 Å². The number of carbonyl (C=O) groups is 2. The Morgan fingerprint density at radius 3 is 2.70 bits per heavy atom. The first kappa shape index (κ1) is 23.0. The average Bonchev–Trinajstić information content (AvgIpc) is 3.37. The van der Waals surface area contributed by atoms with Crippen LogP contribution in [0.1, 0.15) is 42.5 Å². The van der Waals surface area contributed by atoms with Crippen molar-refractivity contribution in [2.24, 2.45) is 0 Å². The maximum atomic E-state index is 14.5. The molecule has 1 aromatic heterocycles. The highest BCUT2D eigenvalue weighted by molar-refractivity contribution is 8.00. The van der Waals surface area contributed by atoms with Crippen molar-refractivity contribution in [1.29, 1.82) is 0 Å². The van der Waals surface area contributed by atoms with Crippen LogP contribution in [-0.4, -0.2) is 45.1 Å². The molecule has 2 amide bonds. The molecule has 0 bridgehead atoms. The number of carbonyl (C=O) groups excluding carboxylic acids is 2. The Bertz CT molecular complexity index is 1110. The summed E-state index contributed by atoms with van der Waals surface area (Å²) >= 11 is 1.35. The highest BCUT2D eigenvalue weighted by Gasteiger charge is 2.22. The topological polar surface area (TPSA) is 67.2 Å². The van der Waals surface area contributed by atoms with Crippen LogP contribution in [0.3, 0.4) is 0 Å². The molecule has 6 nitrogen and oxygen atoms in total. The number of nitrogens with one attached hydrogen (secondary N) is 1. The van der Waals surface area contributed by atoms with Crippen LogP contribution in [-0.2, 0) is 4.79 Å². The molecule has 2 aromatic carbocycles. The van der Waals surface area contributed by atoms with Gasteiger partial charge in [-0.2, -0.15) is 0 Å². The maximum Gasteiger partial charge on any atom is 0.256 e. The summed E-state index contributed by atoms with van der Waals surface area (Å²) in [5.74, 6) is -0.476. The number of benzene rings is 2. The fourth-order valence-electron chi connectivity index (χ4n) is 4.09. The SMILES string of the molecule is CN(C(=O)CSc1ccccc1C(=O)Nc1ccc(-n2ccnc2)c(F)c1)C1CCCCC1. The van der Waals surface area contributed by atoms with Gasteiger partial charge in [0.15, 0.2) is 0 Å². The molecule has 0 aliphatic heterocycles. The molecule has 0 atom stereocenters. The van der Waals surface area contributed by atoms with Gasteiger partial charge in [-0.05, 0) is 43.2 Å². The van der Waals surface area contributed by atoms with Crippen LogP contribution in [0.25, 0.3) is 5.69 Å². The van der Waals surface area contributed by atoms with Crippen molar-refractivity contribution in [3.63, 3.8) is 0 Å². The van der Waals surface area contributed by atoms with E-state index in [0.717, 1.165) is 17.7 Å². The minimum Gasteiger partial charge on any atom is -0.342 e. The third kappa shape index (κ3) is 5.63. The minimum atomic E-state index is -0.468. The second-order valence-corrected chi connectivity index (χ2v) is 9.19. The Kier molecular flexibility index (Phi) is 7.44. The molecule has 1 fully saturated rings. The predicted octanol–water partition coefficient (Wildman–Crippen LogP) is 5.15. The molecule has 0 unspecified atom stereocenters. The summed E-state index contributed by atoms with van der Waals surface area (Å²) in [6.45, 7) is 0. The van der Waals surface area contributed by atoms with Crippen LogP contribution in [0.2, 0.25) is 0 Å². The zero-order valence-corrected chi connectivity index (χ0v) is 19.4. The van der Waals surface area contributed by atoms with Crippen LogP contribution in [0.15, 0.2) is 66.1 Å². The van der Waals surface area contributed by atoms with E-state index in [1.54, 1.807) is 41.2 Å². The molecular weight excluding hydrogens is 439 g/mol. The summed E-state index contributed by atoms with van der Waals surface area (Å²) in [5, 5.41) is 2.76. The van der Waals surface area contributed by atoms with Crippen molar-refractivity contribution in [3.8, 4) is 5.69 Å². The van der Waals surface area contributed by atoms with E-state index in [1.807, 2.05) is 24.1 Å². The van der Waals surface area contributed by atoms with Gasteiger partial charge in [0.25, 0.3) is 5.91 Å². The van der Waals surface area contributed by atoms with Crippen LogP contribution in [0.5, 0.6) is 0 Å². The van der Waals surface area contributed by atoms with E-state index >= 15 is 0 Å². The molecule has 1 aliphatic rings. The molecule has 1 N–H and O–H groups in total. The molecule has 1 saturated carbocycles. The van der Waals surface area contributed by atoms with Gasteiger partial charge >= 0.3 is 0 Å². The molecule has 1 aliphatic carbocycles. The van der Waals surface area contributed by atoms with Gasteiger partial charge in [0.2, 0.25) is 5.91 Å². The Balaban J connectivity index is 1.41. The van der Waals surface area contributed by atoms with Gasteiger partial charge in [-0.3, -0.25) is 9.59 Å².